The fourth-order valence-corrected chi connectivity index (χ4v) is 4.63. The summed E-state index contributed by atoms with van der Waals surface area (Å²) in [4.78, 5) is 24.6. The maximum absolute atomic E-state index is 5.65. The Morgan fingerprint density at radius 3 is 2.29 bits per heavy atom. The predicted molar refractivity (Wildman–Crippen MR) is 127 cm³/mol. The van der Waals surface area contributed by atoms with Crippen LogP contribution < -0.4 is 16.0 Å². The molecular weight excluding hydrogens is 430 g/mol. The molecule has 1 aliphatic carbocycles. The molecule has 0 unspecified atom stereocenters. The van der Waals surface area contributed by atoms with Gasteiger partial charge in [0.25, 0.3) is 5.89 Å². The number of nitrogens with two attached hydrogens (primary N) is 1. The minimum atomic E-state index is -0.249. The van der Waals surface area contributed by atoms with Crippen molar-refractivity contribution in [2.45, 2.75) is 24.7 Å². The maximum atomic E-state index is 5.65. The van der Waals surface area contributed by atoms with Crippen molar-refractivity contribution in [2.24, 2.45) is 0 Å². The molecule has 6 rings (SSSR count). The lowest BCUT2D eigenvalue weighted by Gasteiger charge is -2.39. The van der Waals surface area contributed by atoms with E-state index in [4.69, 9.17) is 15.2 Å². The Bertz CT molecular complexity index is 1260. The Morgan fingerprint density at radius 1 is 0.882 bits per heavy atom. The van der Waals surface area contributed by atoms with Crippen LogP contribution in [0.3, 0.4) is 0 Å². The molecule has 0 amide bonds. The van der Waals surface area contributed by atoms with Gasteiger partial charge in [0, 0.05) is 31.7 Å². The minimum absolute atomic E-state index is 0.249. The van der Waals surface area contributed by atoms with Crippen molar-refractivity contribution < 1.29 is 4.52 Å². The summed E-state index contributed by atoms with van der Waals surface area (Å²) in [6.07, 6.45) is 9.81. The molecule has 1 aromatic carbocycles. The number of rotatable bonds is 5. The van der Waals surface area contributed by atoms with Gasteiger partial charge in [0.1, 0.15) is 17.3 Å². The van der Waals surface area contributed by atoms with Crippen LogP contribution in [0.4, 0.5) is 11.6 Å². The Morgan fingerprint density at radius 2 is 1.65 bits per heavy atom. The van der Waals surface area contributed by atoms with Crippen LogP contribution >= 0.6 is 0 Å². The molecule has 3 aromatic heterocycles. The highest BCUT2D eigenvalue weighted by Crippen LogP contribution is 2.48. The largest absolute Gasteiger partial charge is 0.382 e. The van der Waals surface area contributed by atoms with E-state index in [2.05, 4.69) is 59.6 Å². The fraction of sp³-hybridized carbons (Fsp3) is 0.333. The van der Waals surface area contributed by atoms with Gasteiger partial charge in [-0.25, -0.2) is 15.0 Å². The van der Waals surface area contributed by atoms with E-state index in [-0.39, 0.29) is 5.41 Å². The van der Waals surface area contributed by atoms with E-state index in [1.807, 2.05) is 0 Å². The van der Waals surface area contributed by atoms with Crippen LogP contribution in [-0.2, 0) is 5.41 Å². The van der Waals surface area contributed by atoms with Gasteiger partial charge in [0.2, 0.25) is 0 Å². The Balaban J connectivity index is 1.24. The standard InChI is InChI=1S/C24H25N9O/c25-20-14-27-18(12-29-20)16-2-4-17(5-3-16)24(6-1-7-24)23-31-22(34-32-23)19-13-30-21(15-28-19)33-10-8-26-9-11-33/h2-5,12-15,26H,1,6-11H2,(H2,25,29). The molecule has 10 nitrogen and oxygen atoms in total. The van der Waals surface area contributed by atoms with Crippen LogP contribution in [0.25, 0.3) is 22.8 Å². The molecule has 3 N–H and O–H groups in total. The zero-order valence-electron chi connectivity index (χ0n) is 18.7. The van der Waals surface area contributed by atoms with Crippen molar-refractivity contribution in [1.29, 1.82) is 0 Å². The number of anilines is 2. The monoisotopic (exact) mass is 455 g/mol. The van der Waals surface area contributed by atoms with Gasteiger partial charge in [-0.05, 0) is 18.4 Å². The summed E-state index contributed by atoms with van der Waals surface area (Å²) in [6, 6.07) is 8.34. The second-order valence-electron chi connectivity index (χ2n) is 8.76. The lowest BCUT2D eigenvalue weighted by Crippen LogP contribution is -2.43. The number of hydrogen-bond donors (Lipinski definition) is 2. The van der Waals surface area contributed by atoms with Gasteiger partial charge in [-0.15, -0.1) is 0 Å². The lowest BCUT2D eigenvalue weighted by molar-refractivity contribution is 0.273. The van der Waals surface area contributed by atoms with Gasteiger partial charge in [-0.3, -0.25) is 4.98 Å². The molecule has 4 heterocycles. The van der Waals surface area contributed by atoms with E-state index in [0.717, 1.165) is 62.5 Å². The van der Waals surface area contributed by atoms with Crippen molar-refractivity contribution in [3.8, 4) is 22.8 Å². The van der Waals surface area contributed by atoms with E-state index in [9.17, 15) is 0 Å². The van der Waals surface area contributed by atoms with E-state index in [1.54, 1.807) is 24.8 Å². The predicted octanol–water partition coefficient (Wildman–Crippen LogP) is 2.45. The third kappa shape index (κ3) is 3.65. The van der Waals surface area contributed by atoms with Crippen LogP contribution in [0.1, 0.15) is 30.7 Å². The summed E-state index contributed by atoms with van der Waals surface area (Å²) in [5.41, 5.74) is 8.93. The first-order valence-electron chi connectivity index (χ1n) is 11.5. The van der Waals surface area contributed by atoms with Gasteiger partial charge < -0.3 is 20.5 Å². The van der Waals surface area contributed by atoms with E-state index in [0.29, 0.717) is 23.2 Å². The second-order valence-corrected chi connectivity index (χ2v) is 8.76. The van der Waals surface area contributed by atoms with Crippen molar-refractivity contribution in [3.05, 3.63) is 60.4 Å². The molecule has 0 spiro atoms. The molecule has 0 bridgehead atoms. The average molecular weight is 456 g/mol. The molecule has 1 saturated heterocycles. The second kappa shape index (κ2) is 8.45. The van der Waals surface area contributed by atoms with Crippen LogP contribution in [0.15, 0.2) is 53.6 Å². The third-order valence-electron chi connectivity index (χ3n) is 6.76. The first-order chi connectivity index (χ1) is 16.7. The number of nitrogens with zero attached hydrogens (tertiary/aromatic N) is 7. The van der Waals surface area contributed by atoms with Crippen LogP contribution in [0.5, 0.6) is 0 Å². The van der Waals surface area contributed by atoms with Crippen molar-refractivity contribution in [2.75, 3.05) is 36.8 Å². The Labute approximate surface area is 196 Å². The average Bonchev–Trinajstić information content (AvgIpc) is 3.35. The number of piperazine rings is 1. The summed E-state index contributed by atoms with van der Waals surface area (Å²) < 4.78 is 5.63. The zero-order valence-corrected chi connectivity index (χ0v) is 18.7. The normalized spacial score (nSPS) is 17.4. The highest BCUT2D eigenvalue weighted by Gasteiger charge is 2.44. The van der Waals surface area contributed by atoms with Gasteiger partial charge in [0.15, 0.2) is 5.82 Å². The van der Waals surface area contributed by atoms with Gasteiger partial charge in [-0.1, -0.05) is 35.8 Å². The van der Waals surface area contributed by atoms with Crippen molar-refractivity contribution in [3.63, 3.8) is 0 Å². The topological polar surface area (TPSA) is 132 Å². The molecule has 1 saturated carbocycles. The molecule has 172 valence electrons. The molecular formula is C24H25N9O. The summed E-state index contributed by atoms with van der Waals surface area (Å²) in [5.74, 6) is 2.37. The summed E-state index contributed by atoms with van der Waals surface area (Å²) in [6.45, 7) is 3.75. The number of hydrogen-bond acceptors (Lipinski definition) is 10. The molecule has 4 aromatic rings. The number of benzene rings is 1. The van der Waals surface area contributed by atoms with Gasteiger partial charge >= 0.3 is 0 Å². The molecule has 1 aliphatic heterocycles. The quantitative estimate of drug-likeness (QED) is 0.462. The van der Waals surface area contributed by atoms with Crippen LogP contribution in [-0.4, -0.2) is 56.3 Å². The van der Waals surface area contributed by atoms with E-state index in [1.165, 1.54) is 5.56 Å². The number of nitrogens with one attached hydrogen (secondary N) is 1. The van der Waals surface area contributed by atoms with Crippen molar-refractivity contribution >= 4 is 11.6 Å². The first kappa shape index (κ1) is 20.7. The molecule has 34 heavy (non-hydrogen) atoms. The van der Waals surface area contributed by atoms with Crippen molar-refractivity contribution in [1.82, 2.24) is 35.4 Å². The maximum Gasteiger partial charge on any atom is 0.278 e. The van der Waals surface area contributed by atoms with E-state index < -0.39 is 0 Å². The highest BCUT2D eigenvalue weighted by molar-refractivity contribution is 5.60. The Kier molecular flexibility index (Phi) is 5.14. The Hall–Kier alpha value is -3.92. The fourth-order valence-electron chi connectivity index (χ4n) is 4.63. The lowest BCUT2D eigenvalue weighted by atomic mass is 9.64. The first-order valence-corrected chi connectivity index (χ1v) is 11.5. The third-order valence-corrected chi connectivity index (χ3v) is 6.76. The van der Waals surface area contributed by atoms with Gasteiger partial charge in [-0.2, -0.15) is 4.98 Å². The minimum Gasteiger partial charge on any atom is -0.382 e. The summed E-state index contributed by atoms with van der Waals surface area (Å²) in [7, 11) is 0. The van der Waals surface area contributed by atoms with Gasteiger partial charge in [0.05, 0.1) is 35.9 Å². The molecule has 2 fully saturated rings. The molecule has 0 radical (unpaired) electrons. The zero-order chi connectivity index (χ0) is 23.0. The highest BCUT2D eigenvalue weighted by atomic mass is 16.5. The number of nitrogen functional groups attached to an aromatic ring is 1. The van der Waals surface area contributed by atoms with E-state index >= 15 is 0 Å². The summed E-state index contributed by atoms with van der Waals surface area (Å²) >= 11 is 0. The molecule has 0 atom stereocenters. The SMILES string of the molecule is Nc1cnc(-c2ccc(C3(c4noc(-c5cnc(N6CCNCC6)cn5)n4)CCC3)cc2)cn1. The number of aromatic nitrogens is 6. The summed E-state index contributed by atoms with van der Waals surface area (Å²) in [5, 5.41) is 7.70. The molecule has 10 heteroatoms. The smallest absolute Gasteiger partial charge is 0.278 e. The van der Waals surface area contributed by atoms with Crippen LogP contribution in [0, 0.1) is 0 Å². The molecule has 2 aliphatic rings. The van der Waals surface area contributed by atoms with Crippen LogP contribution in [0.2, 0.25) is 0 Å².